The SMILES string of the molecule is C[C@@H](n1cnc2c(Br)cc(Br)cc2c1=O)[C@](O)(Cn1cncn1)c1ccc(F)cc1F. The number of rotatable bonds is 5. The van der Waals surface area contributed by atoms with Crippen LogP contribution in [-0.2, 0) is 12.1 Å². The molecular formula is C20H15Br2F2N5O2. The standard InChI is InChI=1S/C20H15Br2F2N5O2/c1-11(29-10-26-18-14(19(29)30)4-12(21)5-16(18)22)20(31,7-28-9-25-8-27-28)15-3-2-13(23)6-17(15)24/h2-6,8-11,31H,7H2,1H3/t11-,20-/m1/s1. The molecule has 11 heteroatoms. The maximum Gasteiger partial charge on any atom is 0.261 e. The fraction of sp³-hybridized carbons (Fsp3) is 0.200. The Balaban J connectivity index is 1.91. The zero-order chi connectivity index (χ0) is 22.3. The molecule has 0 amide bonds. The van der Waals surface area contributed by atoms with Crippen molar-refractivity contribution in [1.82, 2.24) is 24.3 Å². The molecule has 0 aliphatic heterocycles. The van der Waals surface area contributed by atoms with E-state index in [0.717, 1.165) is 12.1 Å². The summed E-state index contributed by atoms with van der Waals surface area (Å²) < 4.78 is 32.1. The second-order valence-corrected chi connectivity index (χ2v) is 8.83. The van der Waals surface area contributed by atoms with Gasteiger partial charge >= 0.3 is 0 Å². The minimum absolute atomic E-state index is 0.181. The minimum Gasteiger partial charge on any atom is -0.381 e. The van der Waals surface area contributed by atoms with Crippen LogP contribution >= 0.6 is 31.9 Å². The second-order valence-electron chi connectivity index (χ2n) is 7.06. The summed E-state index contributed by atoms with van der Waals surface area (Å²) in [4.78, 5) is 21.5. The lowest BCUT2D eigenvalue weighted by Gasteiger charge is -2.35. The molecule has 2 atom stereocenters. The van der Waals surface area contributed by atoms with Crippen LogP contribution in [-0.4, -0.2) is 29.4 Å². The van der Waals surface area contributed by atoms with Crippen LogP contribution in [0.25, 0.3) is 10.9 Å². The van der Waals surface area contributed by atoms with Crippen molar-refractivity contribution in [2.75, 3.05) is 0 Å². The summed E-state index contributed by atoms with van der Waals surface area (Å²) in [6.07, 6.45) is 3.92. The molecule has 2 heterocycles. The molecule has 2 aromatic carbocycles. The monoisotopic (exact) mass is 553 g/mol. The Hall–Kier alpha value is -2.50. The van der Waals surface area contributed by atoms with E-state index in [9.17, 15) is 18.7 Å². The first-order valence-corrected chi connectivity index (χ1v) is 10.7. The molecule has 0 bridgehead atoms. The molecule has 0 fully saturated rings. The van der Waals surface area contributed by atoms with Gasteiger partial charge in [-0.1, -0.05) is 22.0 Å². The number of aromatic nitrogens is 5. The predicted octanol–water partition coefficient (Wildman–Crippen LogP) is 3.94. The Kier molecular flexibility index (Phi) is 5.75. The summed E-state index contributed by atoms with van der Waals surface area (Å²) in [5.41, 5.74) is -2.14. The van der Waals surface area contributed by atoms with Crippen molar-refractivity contribution in [3.63, 3.8) is 0 Å². The first-order valence-electron chi connectivity index (χ1n) is 9.07. The number of halogens is 4. The highest BCUT2D eigenvalue weighted by molar-refractivity contribution is 9.11. The molecule has 0 spiro atoms. The van der Waals surface area contributed by atoms with Gasteiger partial charge in [0.2, 0.25) is 0 Å². The Bertz CT molecular complexity index is 1330. The Morgan fingerprint density at radius 2 is 1.97 bits per heavy atom. The third-order valence-electron chi connectivity index (χ3n) is 5.18. The number of aliphatic hydroxyl groups is 1. The van der Waals surface area contributed by atoms with E-state index in [4.69, 9.17) is 0 Å². The average Bonchev–Trinajstić information content (AvgIpc) is 3.21. The molecule has 4 aromatic rings. The van der Waals surface area contributed by atoms with Crippen molar-refractivity contribution in [1.29, 1.82) is 0 Å². The van der Waals surface area contributed by atoms with E-state index < -0.39 is 28.8 Å². The number of nitrogens with zero attached hydrogens (tertiary/aromatic N) is 5. The molecule has 0 unspecified atom stereocenters. The van der Waals surface area contributed by atoms with Gasteiger partial charge in [0, 0.05) is 20.6 Å². The van der Waals surface area contributed by atoms with Crippen molar-refractivity contribution in [3.8, 4) is 0 Å². The molecule has 0 saturated heterocycles. The van der Waals surface area contributed by atoms with E-state index in [1.54, 1.807) is 19.1 Å². The van der Waals surface area contributed by atoms with Gasteiger partial charge in [0.1, 0.15) is 29.9 Å². The van der Waals surface area contributed by atoms with Crippen molar-refractivity contribution >= 4 is 42.8 Å². The number of fused-ring (bicyclic) bond motifs is 1. The molecule has 160 valence electrons. The lowest BCUT2D eigenvalue weighted by atomic mass is 9.86. The molecular weight excluding hydrogens is 540 g/mol. The molecule has 0 aliphatic carbocycles. The van der Waals surface area contributed by atoms with Crippen LogP contribution in [0, 0.1) is 11.6 Å². The van der Waals surface area contributed by atoms with Crippen LogP contribution in [0.15, 0.2) is 63.1 Å². The fourth-order valence-electron chi connectivity index (χ4n) is 3.52. The normalized spacial score (nSPS) is 14.5. The largest absolute Gasteiger partial charge is 0.381 e. The van der Waals surface area contributed by atoms with E-state index in [-0.39, 0.29) is 12.1 Å². The highest BCUT2D eigenvalue weighted by atomic mass is 79.9. The van der Waals surface area contributed by atoms with E-state index >= 15 is 0 Å². The maximum absolute atomic E-state index is 14.7. The van der Waals surface area contributed by atoms with E-state index in [1.807, 2.05) is 0 Å². The lowest BCUT2D eigenvalue weighted by molar-refractivity contribution is -0.0343. The molecule has 31 heavy (non-hydrogen) atoms. The average molecular weight is 555 g/mol. The van der Waals surface area contributed by atoms with Gasteiger partial charge in [-0.15, -0.1) is 0 Å². The molecule has 7 nitrogen and oxygen atoms in total. The summed E-state index contributed by atoms with van der Waals surface area (Å²) in [5.74, 6) is -1.72. The summed E-state index contributed by atoms with van der Waals surface area (Å²) in [5, 5.41) is 16.0. The van der Waals surface area contributed by atoms with Gasteiger partial charge in [-0.3, -0.25) is 9.36 Å². The predicted molar refractivity (Wildman–Crippen MR) is 116 cm³/mol. The van der Waals surface area contributed by atoms with Crippen LogP contribution in [0.2, 0.25) is 0 Å². The van der Waals surface area contributed by atoms with Crippen molar-refractivity contribution < 1.29 is 13.9 Å². The summed E-state index contributed by atoms with van der Waals surface area (Å²) in [6, 6.07) is 5.27. The lowest BCUT2D eigenvalue weighted by Crippen LogP contribution is -2.43. The zero-order valence-corrected chi connectivity index (χ0v) is 19.2. The zero-order valence-electron chi connectivity index (χ0n) is 16.0. The molecule has 2 aromatic heterocycles. The third-order valence-corrected chi connectivity index (χ3v) is 6.24. The van der Waals surface area contributed by atoms with E-state index in [0.29, 0.717) is 25.9 Å². The van der Waals surface area contributed by atoms with Gasteiger partial charge in [0.25, 0.3) is 5.56 Å². The minimum atomic E-state index is -1.98. The van der Waals surface area contributed by atoms with E-state index in [1.165, 1.54) is 28.2 Å². The van der Waals surface area contributed by atoms with Gasteiger partial charge in [0.15, 0.2) is 0 Å². The fourth-order valence-corrected chi connectivity index (χ4v) is 4.85. The summed E-state index contributed by atoms with van der Waals surface area (Å²) in [6.45, 7) is 1.32. The highest BCUT2D eigenvalue weighted by Crippen LogP contribution is 2.36. The Morgan fingerprint density at radius 1 is 1.19 bits per heavy atom. The molecule has 1 N–H and O–H groups in total. The van der Waals surface area contributed by atoms with Crippen LogP contribution < -0.4 is 5.56 Å². The first kappa shape index (κ1) is 21.7. The van der Waals surface area contributed by atoms with Crippen LogP contribution in [0.4, 0.5) is 8.78 Å². The number of hydrogen-bond acceptors (Lipinski definition) is 5. The van der Waals surface area contributed by atoms with Crippen molar-refractivity contribution in [3.05, 3.63) is 85.8 Å². The highest BCUT2D eigenvalue weighted by Gasteiger charge is 2.41. The molecule has 0 aliphatic rings. The van der Waals surface area contributed by atoms with Gasteiger partial charge < -0.3 is 5.11 Å². The Morgan fingerprint density at radius 3 is 2.65 bits per heavy atom. The second kappa shape index (κ2) is 8.21. The topological polar surface area (TPSA) is 85.8 Å². The molecule has 0 saturated carbocycles. The van der Waals surface area contributed by atoms with Crippen LogP contribution in [0.3, 0.4) is 0 Å². The van der Waals surface area contributed by atoms with E-state index in [2.05, 4.69) is 46.9 Å². The van der Waals surface area contributed by atoms with Gasteiger partial charge in [0.05, 0.1) is 29.8 Å². The molecule has 0 radical (unpaired) electrons. The van der Waals surface area contributed by atoms with Gasteiger partial charge in [-0.05, 0) is 41.1 Å². The summed E-state index contributed by atoms with van der Waals surface area (Å²) >= 11 is 6.73. The molecule has 4 rings (SSSR count). The first-order chi connectivity index (χ1) is 14.7. The van der Waals surface area contributed by atoms with Gasteiger partial charge in [-0.25, -0.2) is 23.4 Å². The maximum atomic E-state index is 14.7. The number of benzene rings is 2. The van der Waals surface area contributed by atoms with Crippen LogP contribution in [0.1, 0.15) is 18.5 Å². The van der Waals surface area contributed by atoms with Gasteiger partial charge in [-0.2, -0.15) is 5.10 Å². The van der Waals surface area contributed by atoms with Crippen LogP contribution in [0.5, 0.6) is 0 Å². The number of hydrogen-bond donors (Lipinski definition) is 1. The summed E-state index contributed by atoms with van der Waals surface area (Å²) in [7, 11) is 0. The third kappa shape index (κ3) is 3.92. The van der Waals surface area contributed by atoms with Crippen molar-refractivity contribution in [2.45, 2.75) is 25.1 Å². The quantitative estimate of drug-likeness (QED) is 0.404. The Labute approximate surface area is 191 Å². The smallest absolute Gasteiger partial charge is 0.261 e. The van der Waals surface area contributed by atoms with Crippen molar-refractivity contribution in [2.24, 2.45) is 0 Å².